The number of carboxylic acids is 1. The van der Waals surface area contributed by atoms with E-state index < -0.39 is 11.9 Å². The quantitative estimate of drug-likeness (QED) is 0.869. The molecule has 1 aliphatic rings. The van der Waals surface area contributed by atoms with Gasteiger partial charge in [-0.3, -0.25) is 9.59 Å². The fourth-order valence-electron chi connectivity index (χ4n) is 1.94. The van der Waals surface area contributed by atoms with Crippen LogP contribution in [0, 0.1) is 11.8 Å². The molecule has 0 aromatic carbocycles. The standard InChI is InChI=1S/C12H12Cl2N2O3/c1-6(12(18)19)7-4-16(5-7)11(17)8-2-10(14)15-3-9(8)13/h2-3,6-7H,4-5H2,1H3,(H,18,19). The second-order valence-corrected chi connectivity index (χ2v) is 5.38. The van der Waals surface area contributed by atoms with Crippen molar-refractivity contribution < 1.29 is 14.7 Å². The molecule has 2 heterocycles. The van der Waals surface area contributed by atoms with Crippen molar-refractivity contribution >= 4 is 35.1 Å². The van der Waals surface area contributed by atoms with Crippen molar-refractivity contribution in [3.8, 4) is 0 Å². The normalized spacial score (nSPS) is 16.9. The van der Waals surface area contributed by atoms with Gasteiger partial charge in [0.1, 0.15) is 5.15 Å². The molecule has 1 aliphatic heterocycles. The first-order valence-electron chi connectivity index (χ1n) is 5.73. The Kier molecular flexibility index (Phi) is 3.96. The minimum absolute atomic E-state index is 0.0162. The van der Waals surface area contributed by atoms with Crippen molar-refractivity contribution in [1.82, 2.24) is 9.88 Å². The van der Waals surface area contributed by atoms with Crippen LogP contribution in [0.5, 0.6) is 0 Å². The number of rotatable bonds is 3. The number of hydrogen-bond donors (Lipinski definition) is 1. The van der Waals surface area contributed by atoms with Crippen LogP contribution in [-0.2, 0) is 4.79 Å². The highest BCUT2D eigenvalue weighted by Crippen LogP contribution is 2.28. The van der Waals surface area contributed by atoms with Gasteiger partial charge < -0.3 is 10.0 Å². The van der Waals surface area contributed by atoms with Gasteiger partial charge in [0.05, 0.1) is 16.5 Å². The number of nitrogens with zero attached hydrogens (tertiary/aromatic N) is 2. The highest BCUT2D eigenvalue weighted by molar-refractivity contribution is 6.35. The number of carboxylic acid groups (broad SMARTS) is 1. The van der Waals surface area contributed by atoms with Crippen LogP contribution in [-0.4, -0.2) is 40.0 Å². The molecule has 1 unspecified atom stereocenters. The number of aliphatic carboxylic acids is 1. The molecule has 1 amide bonds. The zero-order valence-electron chi connectivity index (χ0n) is 10.1. The van der Waals surface area contributed by atoms with E-state index in [4.69, 9.17) is 28.3 Å². The van der Waals surface area contributed by atoms with Gasteiger partial charge >= 0.3 is 5.97 Å². The third-order valence-electron chi connectivity index (χ3n) is 3.35. The molecular formula is C12H12Cl2N2O3. The Balaban J connectivity index is 2.04. The van der Waals surface area contributed by atoms with E-state index in [9.17, 15) is 9.59 Å². The van der Waals surface area contributed by atoms with Crippen molar-refractivity contribution in [2.45, 2.75) is 6.92 Å². The molecule has 0 spiro atoms. The summed E-state index contributed by atoms with van der Waals surface area (Å²) in [7, 11) is 0. The zero-order valence-corrected chi connectivity index (χ0v) is 11.6. The van der Waals surface area contributed by atoms with Gasteiger partial charge in [0, 0.05) is 25.2 Å². The summed E-state index contributed by atoms with van der Waals surface area (Å²) in [4.78, 5) is 28.3. The van der Waals surface area contributed by atoms with E-state index in [1.54, 1.807) is 11.8 Å². The smallest absolute Gasteiger partial charge is 0.306 e. The van der Waals surface area contributed by atoms with E-state index in [2.05, 4.69) is 4.98 Å². The first-order chi connectivity index (χ1) is 8.90. The summed E-state index contributed by atoms with van der Waals surface area (Å²) >= 11 is 11.6. The zero-order chi connectivity index (χ0) is 14.2. The average Bonchev–Trinajstić information content (AvgIpc) is 2.29. The van der Waals surface area contributed by atoms with Gasteiger partial charge in [0.15, 0.2) is 0 Å². The molecule has 1 aromatic rings. The van der Waals surface area contributed by atoms with Crippen molar-refractivity contribution in [1.29, 1.82) is 0 Å². The van der Waals surface area contributed by atoms with Gasteiger partial charge in [-0.05, 0) is 6.07 Å². The second kappa shape index (κ2) is 5.35. The minimum atomic E-state index is -0.845. The largest absolute Gasteiger partial charge is 0.481 e. The van der Waals surface area contributed by atoms with E-state index in [1.165, 1.54) is 12.3 Å². The lowest BCUT2D eigenvalue weighted by Gasteiger charge is -2.41. The summed E-state index contributed by atoms with van der Waals surface area (Å²) in [6.07, 6.45) is 1.33. The maximum atomic E-state index is 12.1. The number of likely N-dealkylation sites (tertiary alicyclic amines) is 1. The van der Waals surface area contributed by atoms with Gasteiger partial charge in [0.25, 0.3) is 5.91 Å². The SMILES string of the molecule is CC(C(=O)O)C1CN(C(=O)c2cc(Cl)ncc2Cl)C1. The molecule has 19 heavy (non-hydrogen) atoms. The molecular weight excluding hydrogens is 291 g/mol. The Morgan fingerprint density at radius 1 is 1.47 bits per heavy atom. The molecule has 1 fully saturated rings. The summed E-state index contributed by atoms with van der Waals surface area (Å²) in [6, 6.07) is 1.42. The first kappa shape index (κ1) is 14.1. The Labute approximate surface area is 120 Å². The Bertz CT molecular complexity index is 530. The second-order valence-electron chi connectivity index (χ2n) is 4.58. The summed E-state index contributed by atoms with van der Waals surface area (Å²) < 4.78 is 0. The maximum Gasteiger partial charge on any atom is 0.306 e. The Morgan fingerprint density at radius 2 is 2.11 bits per heavy atom. The minimum Gasteiger partial charge on any atom is -0.481 e. The molecule has 0 aliphatic carbocycles. The molecule has 5 nitrogen and oxygen atoms in total. The van der Waals surface area contributed by atoms with Crippen LogP contribution in [0.25, 0.3) is 0 Å². The number of pyridine rings is 1. The molecule has 102 valence electrons. The number of carbonyl (C=O) groups excluding carboxylic acids is 1. The lowest BCUT2D eigenvalue weighted by atomic mass is 9.86. The molecule has 7 heteroatoms. The third kappa shape index (κ3) is 2.82. The number of aromatic nitrogens is 1. The lowest BCUT2D eigenvalue weighted by molar-refractivity contribution is -0.144. The van der Waals surface area contributed by atoms with E-state index in [0.29, 0.717) is 18.7 Å². The Morgan fingerprint density at radius 3 is 2.68 bits per heavy atom. The van der Waals surface area contributed by atoms with Gasteiger partial charge in [-0.1, -0.05) is 30.1 Å². The van der Waals surface area contributed by atoms with Gasteiger partial charge in [-0.15, -0.1) is 0 Å². The number of hydrogen-bond acceptors (Lipinski definition) is 3. The monoisotopic (exact) mass is 302 g/mol. The molecule has 0 bridgehead atoms. The highest BCUT2D eigenvalue weighted by atomic mass is 35.5. The van der Waals surface area contributed by atoms with E-state index >= 15 is 0 Å². The predicted octanol–water partition coefficient (Wildman–Crippen LogP) is 2.18. The van der Waals surface area contributed by atoms with Crippen LogP contribution in [0.15, 0.2) is 12.3 Å². The van der Waals surface area contributed by atoms with Crippen molar-refractivity contribution in [3.63, 3.8) is 0 Å². The topological polar surface area (TPSA) is 70.5 Å². The lowest BCUT2D eigenvalue weighted by Crippen LogP contribution is -2.53. The highest BCUT2D eigenvalue weighted by Gasteiger charge is 2.37. The summed E-state index contributed by atoms with van der Waals surface area (Å²) in [6.45, 7) is 2.48. The predicted molar refractivity (Wildman–Crippen MR) is 70.5 cm³/mol. The van der Waals surface area contributed by atoms with Crippen molar-refractivity contribution in [2.75, 3.05) is 13.1 Å². The summed E-state index contributed by atoms with van der Waals surface area (Å²) in [5.41, 5.74) is 0.295. The van der Waals surface area contributed by atoms with Crippen molar-refractivity contribution in [3.05, 3.63) is 28.0 Å². The summed E-state index contributed by atoms with van der Waals surface area (Å²) in [5, 5.41) is 9.33. The molecule has 0 saturated carbocycles. The van der Waals surface area contributed by atoms with E-state index in [-0.39, 0.29) is 22.0 Å². The maximum absolute atomic E-state index is 12.1. The van der Waals surface area contributed by atoms with Crippen LogP contribution < -0.4 is 0 Å². The molecule has 0 radical (unpaired) electrons. The fourth-order valence-corrected chi connectivity index (χ4v) is 2.29. The summed E-state index contributed by atoms with van der Waals surface area (Å²) in [5.74, 6) is -1.57. The average molecular weight is 303 g/mol. The molecule has 1 N–H and O–H groups in total. The van der Waals surface area contributed by atoms with Crippen LogP contribution in [0.2, 0.25) is 10.2 Å². The first-order valence-corrected chi connectivity index (χ1v) is 6.49. The third-order valence-corrected chi connectivity index (χ3v) is 3.85. The van der Waals surface area contributed by atoms with Crippen LogP contribution in [0.4, 0.5) is 0 Å². The van der Waals surface area contributed by atoms with Crippen LogP contribution in [0.1, 0.15) is 17.3 Å². The fraction of sp³-hybridized carbons (Fsp3) is 0.417. The molecule has 1 saturated heterocycles. The molecule has 1 aromatic heterocycles. The van der Waals surface area contributed by atoms with E-state index in [1.807, 2.05) is 0 Å². The number of carbonyl (C=O) groups is 2. The van der Waals surface area contributed by atoms with Gasteiger partial charge in [0.2, 0.25) is 0 Å². The number of halogens is 2. The Hall–Kier alpha value is -1.33. The van der Waals surface area contributed by atoms with Crippen molar-refractivity contribution in [2.24, 2.45) is 11.8 Å². The molecule has 1 atom stereocenters. The van der Waals surface area contributed by atoms with Crippen LogP contribution >= 0.6 is 23.2 Å². The van der Waals surface area contributed by atoms with Gasteiger partial charge in [-0.25, -0.2) is 4.98 Å². The van der Waals surface area contributed by atoms with E-state index in [0.717, 1.165) is 0 Å². The van der Waals surface area contributed by atoms with Crippen LogP contribution in [0.3, 0.4) is 0 Å². The molecule has 2 rings (SSSR count). The van der Waals surface area contributed by atoms with Gasteiger partial charge in [-0.2, -0.15) is 0 Å². The number of amides is 1.